The van der Waals surface area contributed by atoms with Gasteiger partial charge in [0.05, 0.1) is 45.0 Å². The van der Waals surface area contributed by atoms with Gasteiger partial charge in [0.25, 0.3) is 0 Å². The van der Waals surface area contributed by atoms with E-state index in [2.05, 4.69) is 150 Å². The summed E-state index contributed by atoms with van der Waals surface area (Å²) >= 11 is 6.93. The second-order valence-electron chi connectivity index (χ2n) is 14.7. The van der Waals surface area contributed by atoms with Crippen LogP contribution in [0.1, 0.15) is 112 Å². The Bertz CT molecular complexity index is 2560. The van der Waals surface area contributed by atoms with Gasteiger partial charge in [-0.05, 0) is 37.9 Å². The maximum Gasteiger partial charge on any atom is 2.00 e. The molecular weight excluding hydrogens is 2060 g/mol. The second-order valence-corrected chi connectivity index (χ2v) is 17.8. The van der Waals surface area contributed by atoms with Crippen molar-refractivity contribution in [3.05, 3.63) is 138 Å². The van der Waals surface area contributed by atoms with Crippen molar-refractivity contribution < 1.29 is 163 Å². The average Bonchev–Trinajstić information content (AvgIpc) is 3.87. The number of carbonyl (C=O) groups excluding carboxylic acids is 2. The minimum absolute atomic E-state index is 0. The molecule has 2 heterocycles. The van der Waals surface area contributed by atoms with Crippen molar-refractivity contribution in [2.24, 2.45) is 14.1 Å². The molecule has 0 aliphatic heterocycles. The molecule has 0 aliphatic rings. The predicted octanol–water partition coefficient (Wildman–Crippen LogP) is 14.7. The third kappa shape index (κ3) is 25.7. The average molecular weight is 2150 g/mol. The normalized spacial score (nSPS) is 9.24. The summed E-state index contributed by atoms with van der Waals surface area (Å²) in [6.45, 7) is 33.0. The van der Waals surface area contributed by atoms with E-state index in [0.717, 1.165) is 35.9 Å². The number of aliphatic hydroxyl groups excluding tert-OH is 2. The van der Waals surface area contributed by atoms with Crippen molar-refractivity contribution in [2.45, 2.75) is 105 Å². The van der Waals surface area contributed by atoms with Crippen LogP contribution >= 0.6 is 67.5 Å². The summed E-state index contributed by atoms with van der Waals surface area (Å²) in [4.78, 5) is 23.5. The van der Waals surface area contributed by atoms with Crippen molar-refractivity contribution in [1.29, 1.82) is 0 Å². The molecule has 0 spiro atoms. The zero-order valence-corrected chi connectivity index (χ0v) is 69.0. The fourth-order valence-electron chi connectivity index (χ4n) is 6.74. The number of carbonyl (C=O) groups is 2. The number of hydrogen-bond acceptors (Lipinski definition) is 8. The molecule has 0 fully saturated rings. The molecule has 6 rings (SSSR count). The predicted molar refractivity (Wildman–Crippen MR) is 330 cm³/mol. The number of benzene rings is 4. The Labute approximate surface area is 581 Å². The van der Waals surface area contributed by atoms with E-state index in [1.54, 1.807) is 35.4 Å². The Morgan fingerprint density at radius 2 is 0.974 bits per heavy atom. The van der Waals surface area contributed by atoms with Crippen molar-refractivity contribution in [3.8, 4) is 11.5 Å². The third-order valence-corrected chi connectivity index (χ3v) is 13.6. The minimum atomic E-state index is -0.424. The van der Waals surface area contributed by atoms with Crippen LogP contribution in [0.2, 0.25) is 0 Å². The molecule has 6 aromatic rings. The number of hydrogen-bond donors (Lipinski definition) is 2. The smallest absolute Gasteiger partial charge is 0.522 e. The molecule has 420 valence electrons. The standard InChI is InChI=1S/C14H16NO4.C13H13Br2NO4.C11H15P.C10H12.C2H6P.CH5P.CH4P.4CH4.4U/c1-8-9-5-12(14(17)19-4)15(2)11(9)6-13(18-3)10(8)7-16;1-16-8(13(18)20-3)4-6-9(14)7(5-17)12(19-2)10(15)11(6)16;1-7-6-8(2)10(4)11(12-5)9(7)3;1-7-5-9(3)10(4)6-8(7)2;1-3-2;2*1-2;;;;;;;;/h5,16H,7H2,1-4H3;4,17H,5H2,1-3H3;12H,5H2,1-4H3;1-4H3;3H,1H2,2H3;2H2,1H3;1-2H2;4*1H4;;;;/q-1;;2*-2;-1;;-1;;;;;;3*+2. The number of ether oxygens (including phenoxy) is 4. The van der Waals surface area contributed by atoms with Gasteiger partial charge in [-0.1, -0.05) is 94.8 Å². The molecule has 4 atom stereocenters. The molecule has 0 saturated heterocycles. The van der Waals surface area contributed by atoms with E-state index in [4.69, 9.17) is 18.9 Å². The number of nitrogens with zero attached hydrogens (tertiary/aromatic N) is 2. The molecule has 20 heteroatoms. The van der Waals surface area contributed by atoms with E-state index < -0.39 is 11.9 Å². The molecule has 2 N–H and O–H groups in total. The number of esters is 2. The van der Waals surface area contributed by atoms with E-state index in [1.165, 1.54) is 78.3 Å². The first-order chi connectivity index (χ1) is 32.1. The van der Waals surface area contributed by atoms with Crippen LogP contribution in [0.15, 0.2) is 21.1 Å². The topological polar surface area (TPSA) is 121 Å². The molecule has 0 radical (unpaired) electrons. The molecule has 0 aliphatic carbocycles. The van der Waals surface area contributed by atoms with Crippen LogP contribution in [0.25, 0.3) is 21.8 Å². The zero-order valence-electron chi connectivity index (χ0n) is 44.8. The molecule has 0 bridgehead atoms. The maximum atomic E-state index is 11.8. The monoisotopic (exact) mass is 2150 g/mol. The van der Waals surface area contributed by atoms with Crippen molar-refractivity contribution in [2.75, 3.05) is 41.8 Å². The van der Waals surface area contributed by atoms with Gasteiger partial charge in [0.15, 0.2) is 0 Å². The number of fused-ring (bicyclic) bond motifs is 2. The SMILES string of the molecule is C.C.C.C.COC(=O)c1cc2c(Br)c(CO)c(OC)c(Br)c2n1C.COC(=O)c1cc2c(C)c(CO)c(OC)[c-]c2n1C.CP.Cc1[c-]c(C)c(C)[c-]c1C.[CH2-]P.[CH2-]PC.[CH2-]Pc1c(C)c(C)[c-]c(C)c1C.[U+2].[U+2].[U+2].[U]. The van der Waals surface area contributed by atoms with Gasteiger partial charge in [0, 0.05) is 73.0 Å². The van der Waals surface area contributed by atoms with Crippen LogP contribution in [-0.2, 0) is 36.8 Å². The largest absolute Gasteiger partial charge is 2.00 e. The molecule has 2 aromatic heterocycles. The van der Waals surface area contributed by atoms with E-state index in [9.17, 15) is 19.8 Å². The fourth-order valence-corrected chi connectivity index (χ4v) is 9.13. The summed E-state index contributed by atoms with van der Waals surface area (Å²) in [6, 6.07) is 16.4. The van der Waals surface area contributed by atoms with Crippen LogP contribution in [0.3, 0.4) is 0 Å². The summed E-state index contributed by atoms with van der Waals surface area (Å²) in [7, 11) is 15.3. The van der Waals surface area contributed by atoms with Crippen LogP contribution in [0.4, 0.5) is 0 Å². The number of aryl methyl sites for hydroxylation is 9. The third-order valence-electron chi connectivity index (χ3n) is 10.8. The van der Waals surface area contributed by atoms with Crippen molar-refractivity contribution in [1.82, 2.24) is 9.13 Å². The first kappa shape index (κ1) is 96.5. The summed E-state index contributed by atoms with van der Waals surface area (Å²) in [5.41, 5.74) is 14.7. The van der Waals surface area contributed by atoms with Gasteiger partial charge in [0.2, 0.25) is 0 Å². The first-order valence-electron chi connectivity index (χ1n) is 21.0. The Morgan fingerprint density at radius 3 is 1.30 bits per heavy atom. The molecular formula is C56H87Br2N2O8P4U4-. The van der Waals surface area contributed by atoms with E-state index >= 15 is 0 Å². The van der Waals surface area contributed by atoms with Gasteiger partial charge >= 0.3 is 105 Å². The van der Waals surface area contributed by atoms with Crippen LogP contribution in [0, 0.1) is 231 Å². The van der Waals surface area contributed by atoms with Gasteiger partial charge in [-0.2, -0.15) is 33.6 Å². The number of aromatic nitrogens is 2. The van der Waals surface area contributed by atoms with Crippen molar-refractivity contribution >= 4 is 107 Å². The minimum Gasteiger partial charge on any atom is -0.522 e. The van der Waals surface area contributed by atoms with Gasteiger partial charge in [0.1, 0.15) is 17.1 Å². The molecule has 10 nitrogen and oxygen atoms in total. The van der Waals surface area contributed by atoms with Crippen LogP contribution in [0.5, 0.6) is 11.5 Å². The van der Waals surface area contributed by atoms with Crippen molar-refractivity contribution in [3.63, 3.8) is 0 Å². The van der Waals surface area contributed by atoms with Crippen LogP contribution in [-0.4, -0.2) is 73.1 Å². The molecule has 0 amide bonds. The quantitative estimate of drug-likeness (QED) is 0.0921. The number of rotatable bonds is 7. The summed E-state index contributed by atoms with van der Waals surface area (Å²) in [5, 5.41) is 22.0. The number of aliphatic hydroxyl groups is 2. The summed E-state index contributed by atoms with van der Waals surface area (Å²) in [6.07, 6.45) is 0. The van der Waals surface area contributed by atoms with Gasteiger partial charge in [-0.15, -0.1) is 54.0 Å². The second kappa shape index (κ2) is 49.7. The summed E-state index contributed by atoms with van der Waals surface area (Å²) < 4.78 is 24.9. The first-order valence-corrected chi connectivity index (χ1v) is 27.4. The fraction of sp³-hybridized carbons (Fsp3) is 0.411. The van der Waals surface area contributed by atoms with E-state index in [0.29, 0.717) is 51.5 Å². The van der Waals surface area contributed by atoms with Gasteiger partial charge in [-0.25, -0.2) is 9.59 Å². The van der Waals surface area contributed by atoms with E-state index in [-0.39, 0.29) is 167 Å². The Balaban J connectivity index is -0.000000107. The Morgan fingerprint density at radius 1 is 0.618 bits per heavy atom. The van der Waals surface area contributed by atoms with Gasteiger partial charge < -0.3 is 79.7 Å². The molecule has 4 aromatic carbocycles. The Kier molecular flexibility index (Phi) is 63.1. The Hall–Kier alpha value is 1.31. The molecule has 76 heavy (non-hydrogen) atoms. The molecule has 0 saturated carbocycles. The van der Waals surface area contributed by atoms with E-state index in [1.807, 2.05) is 20.3 Å². The molecule has 4 unspecified atom stereocenters. The number of halogens is 2. The van der Waals surface area contributed by atoms with Crippen LogP contribution < -0.4 is 14.8 Å². The number of methoxy groups -OCH3 is 4. The zero-order chi connectivity index (χ0) is 52.9. The summed E-state index contributed by atoms with van der Waals surface area (Å²) in [5.74, 6) is 0.192. The maximum absolute atomic E-state index is 11.8. The van der Waals surface area contributed by atoms with Gasteiger partial charge in [-0.3, -0.25) is 39.4 Å².